The van der Waals surface area contributed by atoms with Gasteiger partial charge >= 0.3 is 0 Å². The normalized spacial score (nSPS) is 13.1. The highest BCUT2D eigenvalue weighted by atomic mass is 16.1. The molecule has 0 fully saturated rings. The molecule has 0 bridgehead atoms. The van der Waals surface area contributed by atoms with E-state index in [2.05, 4.69) is 35.5 Å². The van der Waals surface area contributed by atoms with Crippen molar-refractivity contribution in [1.82, 2.24) is 15.6 Å². The maximum Gasteiger partial charge on any atom is 0.217 e. The smallest absolute Gasteiger partial charge is 0.217 e. The molecule has 112 valence electrons. The predicted octanol–water partition coefficient (Wildman–Crippen LogP) is 2.48. The molecule has 0 saturated carbocycles. The number of hydrogen-bond acceptors (Lipinski definition) is 3. The Balaban J connectivity index is 2.48. The maximum atomic E-state index is 11.1. The molecule has 0 aliphatic rings. The van der Waals surface area contributed by atoms with Crippen molar-refractivity contribution < 1.29 is 4.79 Å². The Morgan fingerprint density at radius 1 is 1.40 bits per heavy atom. The standard InChI is InChI=1S/C16H27N3O/c1-11-7-15(10-18-13(11)3)9-17-12(2)8-16(5,6)19-14(4)20/h7,10,12,17H,8-9H2,1-6H3,(H,19,20). The number of nitrogens with one attached hydrogen (secondary N) is 2. The SMILES string of the molecule is CC(=O)NC(C)(C)CC(C)NCc1cnc(C)c(C)c1. The van der Waals surface area contributed by atoms with Gasteiger partial charge in [0.05, 0.1) is 0 Å². The Morgan fingerprint density at radius 3 is 2.60 bits per heavy atom. The second-order valence-corrected chi connectivity index (χ2v) is 6.30. The first kappa shape index (κ1) is 16.6. The third kappa shape index (κ3) is 5.70. The number of hydrogen-bond donors (Lipinski definition) is 2. The van der Waals surface area contributed by atoms with Crippen molar-refractivity contribution >= 4 is 5.91 Å². The molecule has 0 saturated heterocycles. The third-order valence-electron chi connectivity index (χ3n) is 3.38. The lowest BCUT2D eigenvalue weighted by Crippen LogP contribution is -2.46. The summed E-state index contributed by atoms with van der Waals surface area (Å²) in [5.74, 6) is 0.0144. The van der Waals surface area contributed by atoms with Crippen LogP contribution < -0.4 is 10.6 Å². The van der Waals surface area contributed by atoms with Crippen molar-refractivity contribution in [3.05, 3.63) is 29.1 Å². The fourth-order valence-corrected chi connectivity index (χ4v) is 2.46. The zero-order valence-corrected chi connectivity index (χ0v) is 13.5. The van der Waals surface area contributed by atoms with Crippen molar-refractivity contribution in [2.45, 2.75) is 66.1 Å². The summed E-state index contributed by atoms with van der Waals surface area (Å²) in [5.41, 5.74) is 3.29. The number of rotatable bonds is 6. The molecule has 1 amide bonds. The van der Waals surface area contributed by atoms with Crippen molar-refractivity contribution in [3.63, 3.8) is 0 Å². The van der Waals surface area contributed by atoms with Crippen LogP contribution in [0.3, 0.4) is 0 Å². The van der Waals surface area contributed by atoms with Crippen LogP contribution in [0.25, 0.3) is 0 Å². The Kier molecular flexibility index (Phi) is 5.69. The molecule has 0 spiro atoms. The van der Waals surface area contributed by atoms with E-state index >= 15 is 0 Å². The molecular weight excluding hydrogens is 250 g/mol. The van der Waals surface area contributed by atoms with E-state index in [0.717, 1.165) is 18.7 Å². The second kappa shape index (κ2) is 6.84. The fourth-order valence-electron chi connectivity index (χ4n) is 2.46. The lowest BCUT2D eigenvalue weighted by Gasteiger charge is -2.29. The van der Waals surface area contributed by atoms with Crippen LogP contribution in [0.15, 0.2) is 12.3 Å². The topological polar surface area (TPSA) is 54.0 Å². The first-order chi connectivity index (χ1) is 9.19. The van der Waals surface area contributed by atoms with Crippen molar-refractivity contribution in [2.24, 2.45) is 0 Å². The Morgan fingerprint density at radius 2 is 2.05 bits per heavy atom. The minimum absolute atomic E-state index is 0.0144. The molecule has 0 aliphatic carbocycles. The lowest BCUT2D eigenvalue weighted by molar-refractivity contribution is -0.120. The van der Waals surface area contributed by atoms with Crippen LogP contribution in [-0.2, 0) is 11.3 Å². The van der Waals surface area contributed by atoms with Crippen molar-refractivity contribution in [2.75, 3.05) is 0 Å². The fraction of sp³-hybridized carbons (Fsp3) is 0.625. The van der Waals surface area contributed by atoms with E-state index in [0.29, 0.717) is 6.04 Å². The van der Waals surface area contributed by atoms with Crippen LogP contribution in [0, 0.1) is 13.8 Å². The van der Waals surface area contributed by atoms with E-state index < -0.39 is 0 Å². The van der Waals surface area contributed by atoms with Gasteiger partial charge in [-0.3, -0.25) is 9.78 Å². The number of carbonyl (C=O) groups excluding carboxylic acids is 1. The van der Waals surface area contributed by atoms with Crippen molar-refractivity contribution in [1.29, 1.82) is 0 Å². The van der Waals surface area contributed by atoms with Crippen LogP contribution in [0.4, 0.5) is 0 Å². The molecular formula is C16H27N3O. The van der Waals surface area contributed by atoms with Crippen molar-refractivity contribution in [3.8, 4) is 0 Å². The first-order valence-corrected chi connectivity index (χ1v) is 7.14. The van der Waals surface area contributed by atoms with E-state index in [1.165, 1.54) is 11.1 Å². The second-order valence-electron chi connectivity index (χ2n) is 6.30. The van der Waals surface area contributed by atoms with E-state index in [1.54, 1.807) is 6.92 Å². The molecule has 1 unspecified atom stereocenters. The quantitative estimate of drug-likeness (QED) is 0.840. The molecule has 0 aromatic carbocycles. The van der Waals surface area contributed by atoms with Gasteiger partial charge in [-0.1, -0.05) is 6.07 Å². The number of pyridine rings is 1. The zero-order chi connectivity index (χ0) is 15.3. The Labute approximate surface area is 122 Å². The lowest BCUT2D eigenvalue weighted by atomic mass is 9.95. The summed E-state index contributed by atoms with van der Waals surface area (Å²) in [6, 6.07) is 2.49. The average molecular weight is 277 g/mol. The largest absolute Gasteiger partial charge is 0.351 e. The van der Waals surface area contributed by atoms with Gasteiger partial charge in [-0.05, 0) is 52.2 Å². The van der Waals surface area contributed by atoms with Crippen LogP contribution in [-0.4, -0.2) is 22.5 Å². The van der Waals surface area contributed by atoms with Gasteiger partial charge in [0, 0.05) is 36.9 Å². The van der Waals surface area contributed by atoms with Gasteiger partial charge < -0.3 is 10.6 Å². The van der Waals surface area contributed by atoms with Crippen LogP contribution in [0.1, 0.15) is 50.9 Å². The summed E-state index contributed by atoms with van der Waals surface area (Å²) < 4.78 is 0. The molecule has 1 heterocycles. The number of nitrogens with zero attached hydrogens (tertiary/aromatic N) is 1. The summed E-state index contributed by atoms with van der Waals surface area (Å²) in [4.78, 5) is 15.5. The molecule has 4 heteroatoms. The first-order valence-electron chi connectivity index (χ1n) is 7.14. The molecule has 20 heavy (non-hydrogen) atoms. The highest BCUT2D eigenvalue weighted by molar-refractivity contribution is 5.73. The zero-order valence-electron chi connectivity index (χ0n) is 13.5. The maximum absolute atomic E-state index is 11.1. The van der Waals surface area contributed by atoms with E-state index in [9.17, 15) is 4.79 Å². The monoisotopic (exact) mass is 277 g/mol. The molecule has 0 aliphatic heterocycles. The summed E-state index contributed by atoms with van der Waals surface area (Å²) in [7, 11) is 0. The highest BCUT2D eigenvalue weighted by Gasteiger charge is 2.21. The number of amides is 1. The van der Waals surface area contributed by atoms with E-state index in [1.807, 2.05) is 27.0 Å². The number of carbonyl (C=O) groups is 1. The minimum Gasteiger partial charge on any atom is -0.351 e. The van der Waals surface area contributed by atoms with E-state index in [4.69, 9.17) is 0 Å². The van der Waals surface area contributed by atoms with Gasteiger partial charge in [-0.15, -0.1) is 0 Å². The predicted molar refractivity (Wildman–Crippen MR) is 82.5 cm³/mol. The van der Waals surface area contributed by atoms with Gasteiger partial charge in [0.2, 0.25) is 5.91 Å². The van der Waals surface area contributed by atoms with Crippen LogP contribution in [0.5, 0.6) is 0 Å². The molecule has 1 atom stereocenters. The van der Waals surface area contributed by atoms with Gasteiger partial charge in [0.25, 0.3) is 0 Å². The minimum atomic E-state index is -0.195. The number of aryl methyl sites for hydroxylation is 2. The molecule has 1 rings (SSSR count). The summed E-state index contributed by atoms with van der Waals surface area (Å²) in [5, 5.41) is 6.46. The molecule has 0 radical (unpaired) electrons. The van der Waals surface area contributed by atoms with Gasteiger partial charge in [-0.25, -0.2) is 0 Å². The summed E-state index contributed by atoms with van der Waals surface area (Å²) in [6.45, 7) is 12.7. The summed E-state index contributed by atoms with van der Waals surface area (Å²) >= 11 is 0. The van der Waals surface area contributed by atoms with E-state index in [-0.39, 0.29) is 11.4 Å². The highest BCUT2D eigenvalue weighted by Crippen LogP contribution is 2.12. The molecule has 1 aromatic heterocycles. The van der Waals surface area contributed by atoms with Gasteiger partial charge in [0.1, 0.15) is 0 Å². The van der Waals surface area contributed by atoms with Crippen LogP contribution >= 0.6 is 0 Å². The Hall–Kier alpha value is -1.42. The summed E-state index contributed by atoms with van der Waals surface area (Å²) in [6.07, 6.45) is 2.80. The molecule has 1 aromatic rings. The number of aromatic nitrogens is 1. The molecule has 2 N–H and O–H groups in total. The van der Waals surface area contributed by atoms with Gasteiger partial charge in [0.15, 0.2) is 0 Å². The molecule has 4 nitrogen and oxygen atoms in total. The Bertz CT molecular complexity index is 469. The third-order valence-corrected chi connectivity index (χ3v) is 3.38. The average Bonchev–Trinajstić information content (AvgIpc) is 2.28. The van der Waals surface area contributed by atoms with Crippen LogP contribution in [0.2, 0.25) is 0 Å². The van der Waals surface area contributed by atoms with Gasteiger partial charge in [-0.2, -0.15) is 0 Å².